The summed E-state index contributed by atoms with van der Waals surface area (Å²) in [6, 6.07) is 4.26. The third kappa shape index (κ3) is 2.33. The van der Waals surface area contributed by atoms with Gasteiger partial charge in [-0.3, -0.25) is 0 Å². The largest absolute Gasteiger partial charge is 0.382 e. The minimum Gasteiger partial charge on any atom is -0.382 e. The first-order chi connectivity index (χ1) is 8.82. The van der Waals surface area contributed by atoms with Gasteiger partial charge in [0.1, 0.15) is 6.10 Å². The maximum atomic E-state index is 10.7. The van der Waals surface area contributed by atoms with Crippen molar-refractivity contribution in [1.82, 2.24) is 4.98 Å². The van der Waals surface area contributed by atoms with Crippen LogP contribution in [0.5, 0.6) is 0 Å². The zero-order valence-electron chi connectivity index (χ0n) is 12.7. The summed E-state index contributed by atoms with van der Waals surface area (Å²) < 4.78 is 0. The van der Waals surface area contributed by atoms with Crippen LogP contribution in [0.3, 0.4) is 0 Å². The van der Waals surface area contributed by atoms with Gasteiger partial charge in [0, 0.05) is 5.69 Å². The standard InChI is InChI=1S/C17H23NO/c1-9-7-10(2)15(11(3)8-9)17(19)16-13(5)12(4)14(6)18-16/h7-8,17-19H,1-6H3. The first-order valence-corrected chi connectivity index (χ1v) is 6.74. The van der Waals surface area contributed by atoms with Crippen molar-refractivity contribution in [3.63, 3.8) is 0 Å². The molecule has 2 heteroatoms. The van der Waals surface area contributed by atoms with Crippen molar-refractivity contribution in [1.29, 1.82) is 0 Å². The molecule has 0 spiro atoms. The number of H-pyrrole nitrogens is 1. The van der Waals surface area contributed by atoms with E-state index < -0.39 is 6.10 Å². The fourth-order valence-electron chi connectivity index (χ4n) is 2.91. The summed E-state index contributed by atoms with van der Waals surface area (Å²) in [5, 5.41) is 10.7. The maximum Gasteiger partial charge on any atom is 0.120 e. The highest BCUT2D eigenvalue weighted by Gasteiger charge is 2.20. The van der Waals surface area contributed by atoms with Crippen LogP contribution in [0, 0.1) is 41.5 Å². The van der Waals surface area contributed by atoms with Crippen LogP contribution in [0.15, 0.2) is 12.1 Å². The smallest absolute Gasteiger partial charge is 0.120 e. The molecular formula is C17H23NO. The summed E-state index contributed by atoms with van der Waals surface area (Å²) in [7, 11) is 0. The lowest BCUT2D eigenvalue weighted by molar-refractivity contribution is 0.213. The number of aromatic amines is 1. The number of hydrogen-bond acceptors (Lipinski definition) is 1. The maximum absolute atomic E-state index is 10.7. The molecule has 0 aliphatic carbocycles. The van der Waals surface area contributed by atoms with Crippen molar-refractivity contribution in [3.8, 4) is 0 Å². The molecular weight excluding hydrogens is 234 g/mol. The van der Waals surface area contributed by atoms with Crippen LogP contribution < -0.4 is 0 Å². The Morgan fingerprint density at radius 1 is 0.895 bits per heavy atom. The van der Waals surface area contributed by atoms with Gasteiger partial charge in [-0.2, -0.15) is 0 Å². The van der Waals surface area contributed by atoms with Gasteiger partial charge in [0.2, 0.25) is 0 Å². The molecule has 2 nitrogen and oxygen atoms in total. The quantitative estimate of drug-likeness (QED) is 0.839. The Bertz CT molecular complexity index is 599. The van der Waals surface area contributed by atoms with Gasteiger partial charge in [-0.15, -0.1) is 0 Å². The molecule has 0 radical (unpaired) electrons. The molecule has 1 heterocycles. The number of hydrogen-bond donors (Lipinski definition) is 2. The fourth-order valence-corrected chi connectivity index (χ4v) is 2.91. The molecule has 0 fully saturated rings. The Morgan fingerprint density at radius 3 is 1.84 bits per heavy atom. The highest BCUT2D eigenvalue weighted by molar-refractivity contribution is 5.45. The molecule has 0 bridgehead atoms. The second-order valence-electron chi connectivity index (χ2n) is 5.63. The van der Waals surface area contributed by atoms with Crippen molar-refractivity contribution in [2.24, 2.45) is 0 Å². The van der Waals surface area contributed by atoms with Gasteiger partial charge in [-0.25, -0.2) is 0 Å². The normalized spacial score (nSPS) is 12.8. The highest BCUT2D eigenvalue weighted by atomic mass is 16.3. The van der Waals surface area contributed by atoms with Crippen LogP contribution in [0.1, 0.15) is 50.9 Å². The van der Waals surface area contributed by atoms with Crippen molar-refractivity contribution >= 4 is 0 Å². The topological polar surface area (TPSA) is 36.0 Å². The molecule has 0 saturated carbocycles. The van der Waals surface area contributed by atoms with E-state index in [2.05, 4.69) is 51.7 Å². The van der Waals surface area contributed by atoms with E-state index in [0.29, 0.717) is 0 Å². The van der Waals surface area contributed by atoms with Gasteiger partial charge in [0.15, 0.2) is 0 Å². The van der Waals surface area contributed by atoms with E-state index in [9.17, 15) is 5.11 Å². The average molecular weight is 257 g/mol. The first kappa shape index (κ1) is 13.9. The van der Waals surface area contributed by atoms with Gasteiger partial charge in [0.05, 0.1) is 5.69 Å². The number of benzene rings is 1. The number of nitrogens with one attached hydrogen (secondary N) is 1. The van der Waals surface area contributed by atoms with E-state index in [0.717, 1.165) is 33.6 Å². The van der Waals surface area contributed by atoms with E-state index in [1.54, 1.807) is 0 Å². The number of aromatic nitrogens is 1. The molecule has 1 aromatic carbocycles. The van der Waals surface area contributed by atoms with Gasteiger partial charge in [0.25, 0.3) is 0 Å². The van der Waals surface area contributed by atoms with Crippen LogP contribution in [0.2, 0.25) is 0 Å². The molecule has 0 saturated heterocycles. The molecule has 2 rings (SSSR count). The lowest BCUT2D eigenvalue weighted by atomic mass is 9.93. The van der Waals surface area contributed by atoms with Crippen LogP contribution in [-0.4, -0.2) is 10.1 Å². The summed E-state index contributed by atoms with van der Waals surface area (Å²) in [5.74, 6) is 0. The molecule has 19 heavy (non-hydrogen) atoms. The fraction of sp³-hybridized carbons (Fsp3) is 0.412. The van der Waals surface area contributed by atoms with Crippen LogP contribution in [0.25, 0.3) is 0 Å². The van der Waals surface area contributed by atoms with E-state index in [-0.39, 0.29) is 0 Å². The Labute approximate surface area is 115 Å². The van der Waals surface area contributed by atoms with Crippen molar-refractivity contribution in [3.05, 3.63) is 56.9 Å². The first-order valence-electron chi connectivity index (χ1n) is 6.74. The summed E-state index contributed by atoms with van der Waals surface area (Å²) in [6.45, 7) is 12.4. The van der Waals surface area contributed by atoms with Gasteiger partial charge >= 0.3 is 0 Å². The SMILES string of the molecule is Cc1cc(C)c(C(O)c2[nH]c(C)c(C)c2C)c(C)c1. The third-order valence-electron chi connectivity index (χ3n) is 4.14. The predicted octanol–water partition coefficient (Wildman–Crippen LogP) is 3.95. The van der Waals surface area contributed by atoms with Gasteiger partial charge < -0.3 is 10.1 Å². The van der Waals surface area contributed by atoms with Crippen LogP contribution in [0.4, 0.5) is 0 Å². The van der Waals surface area contributed by atoms with E-state index in [1.807, 2.05) is 6.92 Å². The molecule has 1 aromatic heterocycles. The Balaban J connectivity index is 2.56. The Hall–Kier alpha value is -1.54. The lowest BCUT2D eigenvalue weighted by Gasteiger charge is -2.17. The Kier molecular flexibility index (Phi) is 3.55. The van der Waals surface area contributed by atoms with Gasteiger partial charge in [-0.1, -0.05) is 17.7 Å². The van der Waals surface area contributed by atoms with Crippen LogP contribution in [-0.2, 0) is 0 Å². The monoisotopic (exact) mass is 257 g/mol. The van der Waals surface area contributed by atoms with Crippen LogP contribution >= 0.6 is 0 Å². The second-order valence-corrected chi connectivity index (χ2v) is 5.63. The molecule has 1 atom stereocenters. The zero-order chi connectivity index (χ0) is 14.3. The number of rotatable bonds is 2. The number of aryl methyl sites for hydroxylation is 4. The summed E-state index contributed by atoms with van der Waals surface area (Å²) in [4.78, 5) is 3.33. The van der Waals surface area contributed by atoms with Gasteiger partial charge in [-0.05, 0) is 69.4 Å². The zero-order valence-corrected chi connectivity index (χ0v) is 12.7. The molecule has 2 aromatic rings. The number of aliphatic hydroxyl groups is 1. The summed E-state index contributed by atoms with van der Waals surface area (Å²) >= 11 is 0. The van der Waals surface area contributed by atoms with E-state index in [1.165, 1.54) is 11.1 Å². The average Bonchev–Trinajstić information content (AvgIpc) is 2.55. The molecule has 1 unspecified atom stereocenters. The predicted molar refractivity (Wildman–Crippen MR) is 79.7 cm³/mol. The minimum atomic E-state index is -0.576. The summed E-state index contributed by atoms with van der Waals surface area (Å²) in [6.07, 6.45) is -0.576. The van der Waals surface area contributed by atoms with Crippen molar-refractivity contribution < 1.29 is 5.11 Å². The molecule has 0 aliphatic heterocycles. The summed E-state index contributed by atoms with van der Waals surface area (Å²) in [5.41, 5.74) is 9.00. The minimum absolute atomic E-state index is 0.576. The molecule has 102 valence electrons. The molecule has 2 N–H and O–H groups in total. The van der Waals surface area contributed by atoms with E-state index >= 15 is 0 Å². The van der Waals surface area contributed by atoms with E-state index in [4.69, 9.17) is 0 Å². The van der Waals surface area contributed by atoms with Crippen molar-refractivity contribution in [2.45, 2.75) is 47.6 Å². The highest BCUT2D eigenvalue weighted by Crippen LogP contribution is 2.31. The third-order valence-corrected chi connectivity index (χ3v) is 4.14. The number of aliphatic hydroxyl groups excluding tert-OH is 1. The second kappa shape index (κ2) is 4.86. The molecule has 0 aliphatic rings. The van der Waals surface area contributed by atoms with Crippen molar-refractivity contribution in [2.75, 3.05) is 0 Å². The lowest BCUT2D eigenvalue weighted by Crippen LogP contribution is -2.07. The Morgan fingerprint density at radius 2 is 1.42 bits per heavy atom. The molecule has 0 amide bonds.